The number of aryl methyl sites for hydroxylation is 1. The average molecular weight is 233 g/mol. The van der Waals surface area contributed by atoms with Crippen LogP contribution in [0.3, 0.4) is 0 Å². The molecule has 2 nitrogen and oxygen atoms in total. The van der Waals surface area contributed by atoms with Gasteiger partial charge in [0, 0.05) is 29.1 Å². The zero-order valence-corrected chi connectivity index (χ0v) is 9.83. The minimum Gasteiger partial charge on any atom is -0.355 e. The SMILES string of the molecule is Cc1cc(Nc2ccccc2CCl)ccn1. The first kappa shape index (κ1) is 11.0. The van der Waals surface area contributed by atoms with E-state index < -0.39 is 0 Å². The van der Waals surface area contributed by atoms with Gasteiger partial charge in [-0.1, -0.05) is 18.2 Å². The second-order valence-electron chi connectivity index (χ2n) is 3.60. The van der Waals surface area contributed by atoms with Gasteiger partial charge in [-0.05, 0) is 30.7 Å². The van der Waals surface area contributed by atoms with Gasteiger partial charge in [0.15, 0.2) is 0 Å². The number of nitrogens with zero attached hydrogens (tertiary/aromatic N) is 1. The van der Waals surface area contributed by atoms with Gasteiger partial charge in [0.1, 0.15) is 0 Å². The van der Waals surface area contributed by atoms with E-state index in [0.29, 0.717) is 5.88 Å². The molecule has 0 spiro atoms. The van der Waals surface area contributed by atoms with Gasteiger partial charge < -0.3 is 5.32 Å². The fraction of sp³-hybridized carbons (Fsp3) is 0.154. The predicted molar refractivity (Wildman–Crippen MR) is 68.3 cm³/mol. The number of hydrogen-bond acceptors (Lipinski definition) is 2. The molecule has 1 heterocycles. The Kier molecular flexibility index (Phi) is 3.42. The number of halogens is 1. The first-order chi connectivity index (χ1) is 7.79. The van der Waals surface area contributed by atoms with Crippen LogP contribution in [0.1, 0.15) is 11.3 Å². The highest BCUT2D eigenvalue weighted by Crippen LogP contribution is 2.22. The molecule has 0 amide bonds. The van der Waals surface area contributed by atoms with Gasteiger partial charge in [-0.3, -0.25) is 4.98 Å². The molecule has 82 valence electrons. The second-order valence-corrected chi connectivity index (χ2v) is 3.87. The number of alkyl halides is 1. The topological polar surface area (TPSA) is 24.9 Å². The van der Waals surface area contributed by atoms with Gasteiger partial charge >= 0.3 is 0 Å². The van der Waals surface area contributed by atoms with E-state index in [1.807, 2.05) is 43.3 Å². The van der Waals surface area contributed by atoms with Crippen LogP contribution in [0.25, 0.3) is 0 Å². The van der Waals surface area contributed by atoms with Gasteiger partial charge in [-0.2, -0.15) is 0 Å². The first-order valence-electron chi connectivity index (χ1n) is 5.13. The third-order valence-corrected chi connectivity index (χ3v) is 2.62. The number of benzene rings is 1. The van der Waals surface area contributed by atoms with Crippen LogP contribution in [0.5, 0.6) is 0 Å². The van der Waals surface area contributed by atoms with Crippen molar-refractivity contribution in [1.82, 2.24) is 4.98 Å². The Morgan fingerprint density at radius 2 is 2.06 bits per heavy atom. The highest BCUT2D eigenvalue weighted by atomic mass is 35.5. The molecule has 3 heteroatoms. The molecule has 0 atom stereocenters. The molecule has 0 radical (unpaired) electrons. The largest absolute Gasteiger partial charge is 0.355 e. The van der Waals surface area contributed by atoms with Crippen molar-refractivity contribution < 1.29 is 0 Å². The molecule has 0 aliphatic heterocycles. The summed E-state index contributed by atoms with van der Waals surface area (Å²) >= 11 is 5.88. The number of pyridine rings is 1. The quantitative estimate of drug-likeness (QED) is 0.813. The number of anilines is 2. The van der Waals surface area contributed by atoms with Crippen LogP contribution < -0.4 is 5.32 Å². The van der Waals surface area contributed by atoms with E-state index in [4.69, 9.17) is 11.6 Å². The van der Waals surface area contributed by atoms with Crippen LogP contribution in [0.2, 0.25) is 0 Å². The molecule has 0 bridgehead atoms. The van der Waals surface area contributed by atoms with Crippen LogP contribution in [0.4, 0.5) is 11.4 Å². The Morgan fingerprint density at radius 3 is 2.81 bits per heavy atom. The van der Waals surface area contributed by atoms with Gasteiger partial charge in [0.05, 0.1) is 0 Å². The highest BCUT2D eigenvalue weighted by Gasteiger charge is 2.00. The molecule has 1 aromatic heterocycles. The van der Waals surface area contributed by atoms with E-state index in [2.05, 4.69) is 10.3 Å². The maximum absolute atomic E-state index is 5.88. The zero-order valence-electron chi connectivity index (χ0n) is 9.07. The smallest absolute Gasteiger partial charge is 0.0494 e. The second kappa shape index (κ2) is 4.99. The Morgan fingerprint density at radius 1 is 1.25 bits per heavy atom. The van der Waals surface area contributed by atoms with Crippen molar-refractivity contribution >= 4 is 23.0 Å². The molecule has 2 aromatic rings. The van der Waals surface area contributed by atoms with Gasteiger partial charge in [0.25, 0.3) is 0 Å². The van der Waals surface area contributed by atoms with E-state index in [9.17, 15) is 0 Å². The predicted octanol–water partition coefficient (Wildman–Crippen LogP) is 3.87. The summed E-state index contributed by atoms with van der Waals surface area (Å²) in [4.78, 5) is 4.16. The summed E-state index contributed by atoms with van der Waals surface area (Å²) in [5.41, 5.74) is 4.17. The molecule has 0 unspecified atom stereocenters. The van der Waals surface area contributed by atoms with Crippen molar-refractivity contribution in [3.05, 3.63) is 53.9 Å². The highest BCUT2D eigenvalue weighted by molar-refractivity contribution is 6.17. The average Bonchev–Trinajstić information content (AvgIpc) is 2.30. The molecule has 0 aliphatic rings. The van der Waals surface area contributed by atoms with Gasteiger partial charge in [-0.15, -0.1) is 11.6 Å². The van der Waals surface area contributed by atoms with Crippen molar-refractivity contribution in [2.45, 2.75) is 12.8 Å². The number of para-hydroxylation sites is 1. The maximum atomic E-state index is 5.88. The molecular weight excluding hydrogens is 220 g/mol. The number of aromatic nitrogens is 1. The summed E-state index contributed by atoms with van der Waals surface area (Å²) in [7, 11) is 0. The standard InChI is InChI=1S/C13H13ClN2/c1-10-8-12(6-7-15-10)16-13-5-3-2-4-11(13)9-14/h2-8H,9H2,1H3,(H,15,16). The van der Waals surface area contributed by atoms with Gasteiger partial charge in [-0.25, -0.2) is 0 Å². The lowest BCUT2D eigenvalue weighted by molar-refractivity contribution is 1.20. The van der Waals surface area contributed by atoms with Crippen LogP contribution in [-0.4, -0.2) is 4.98 Å². The summed E-state index contributed by atoms with van der Waals surface area (Å²) in [5.74, 6) is 0.507. The lowest BCUT2D eigenvalue weighted by Crippen LogP contribution is -1.95. The van der Waals surface area contributed by atoms with Crippen LogP contribution >= 0.6 is 11.6 Å². The molecule has 1 N–H and O–H groups in total. The third kappa shape index (κ3) is 2.52. The summed E-state index contributed by atoms with van der Waals surface area (Å²) < 4.78 is 0. The van der Waals surface area contributed by atoms with Crippen LogP contribution in [0, 0.1) is 6.92 Å². The van der Waals surface area contributed by atoms with E-state index in [1.54, 1.807) is 6.20 Å². The molecule has 0 saturated carbocycles. The summed E-state index contributed by atoms with van der Waals surface area (Å²) in [5, 5.41) is 3.34. The minimum atomic E-state index is 0.507. The van der Waals surface area contributed by atoms with Gasteiger partial charge in [0.2, 0.25) is 0 Å². The van der Waals surface area contributed by atoms with Crippen LogP contribution in [-0.2, 0) is 5.88 Å². The molecule has 16 heavy (non-hydrogen) atoms. The van der Waals surface area contributed by atoms with Crippen LogP contribution in [0.15, 0.2) is 42.6 Å². The first-order valence-corrected chi connectivity index (χ1v) is 5.66. The van der Waals surface area contributed by atoms with E-state index in [-0.39, 0.29) is 0 Å². The minimum absolute atomic E-state index is 0.507. The van der Waals surface area contributed by atoms with Crippen molar-refractivity contribution in [2.24, 2.45) is 0 Å². The zero-order chi connectivity index (χ0) is 11.4. The maximum Gasteiger partial charge on any atom is 0.0494 e. The van der Waals surface area contributed by atoms with Crippen molar-refractivity contribution in [2.75, 3.05) is 5.32 Å². The Bertz CT molecular complexity index is 483. The fourth-order valence-corrected chi connectivity index (χ4v) is 1.77. The number of hydrogen-bond donors (Lipinski definition) is 1. The van der Waals surface area contributed by atoms with Crippen molar-refractivity contribution in [1.29, 1.82) is 0 Å². The van der Waals surface area contributed by atoms with Crippen molar-refractivity contribution in [3.63, 3.8) is 0 Å². The molecule has 1 aromatic carbocycles. The van der Waals surface area contributed by atoms with Crippen molar-refractivity contribution in [3.8, 4) is 0 Å². The molecule has 0 aliphatic carbocycles. The molecular formula is C13H13ClN2. The summed E-state index contributed by atoms with van der Waals surface area (Å²) in [6, 6.07) is 12.0. The summed E-state index contributed by atoms with van der Waals surface area (Å²) in [6.45, 7) is 1.97. The Labute approximate surface area is 100 Å². The number of nitrogens with one attached hydrogen (secondary N) is 1. The Balaban J connectivity index is 2.26. The normalized spacial score (nSPS) is 10.1. The Hall–Kier alpha value is -1.54. The molecule has 0 fully saturated rings. The lowest BCUT2D eigenvalue weighted by Gasteiger charge is -2.10. The molecule has 2 rings (SSSR count). The van der Waals surface area contributed by atoms with E-state index in [1.165, 1.54) is 0 Å². The molecule has 0 saturated heterocycles. The third-order valence-electron chi connectivity index (χ3n) is 2.34. The van der Waals surface area contributed by atoms with E-state index >= 15 is 0 Å². The lowest BCUT2D eigenvalue weighted by atomic mass is 10.2. The van der Waals surface area contributed by atoms with E-state index in [0.717, 1.165) is 22.6 Å². The summed E-state index contributed by atoms with van der Waals surface area (Å²) in [6.07, 6.45) is 1.79. The number of rotatable bonds is 3. The monoisotopic (exact) mass is 232 g/mol. The fourth-order valence-electron chi connectivity index (χ4n) is 1.54.